The summed E-state index contributed by atoms with van der Waals surface area (Å²) in [5.41, 5.74) is 1.40. The standard InChI is InChI=1S/C13H20BrNS/c1-10-3-2-4-11(5-10)7-15-8-12-6-13(14)16-9-12/h6,9-11,15H,2-5,7-8H2,1H3. The van der Waals surface area contributed by atoms with Gasteiger partial charge in [-0.15, -0.1) is 11.3 Å². The highest BCUT2D eigenvalue weighted by atomic mass is 79.9. The molecule has 1 aromatic rings. The van der Waals surface area contributed by atoms with Gasteiger partial charge in [-0.25, -0.2) is 0 Å². The lowest BCUT2D eigenvalue weighted by molar-refractivity contribution is 0.274. The molecule has 3 heteroatoms. The Balaban J connectivity index is 1.67. The predicted octanol–water partition coefficient (Wildman–Crippen LogP) is 4.43. The van der Waals surface area contributed by atoms with Gasteiger partial charge in [0, 0.05) is 6.54 Å². The first-order valence-corrected chi connectivity index (χ1v) is 7.85. The van der Waals surface area contributed by atoms with E-state index in [-0.39, 0.29) is 0 Å². The van der Waals surface area contributed by atoms with Crippen LogP contribution in [0.5, 0.6) is 0 Å². The summed E-state index contributed by atoms with van der Waals surface area (Å²) in [6.07, 6.45) is 5.70. The van der Waals surface area contributed by atoms with Crippen LogP contribution in [0, 0.1) is 11.8 Å². The largest absolute Gasteiger partial charge is 0.312 e. The Morgan fingerprint density at radius 1 is 1.50 bits per heavy atom. The molecule has 1 aliphatic carbocycles. The van der Waals surface area contributed by atoms with Crippen molar-refractivity contribution >= 4 is 27.3 Å². The van der Waals surface area contributed by atoms with E-state index in [0.717, 1.165) is 18.4 Å². The van der Waals surface area contributed by atoms with Crippen molar-refractivity contribution < 1.29 is 0 Å². The Bertz CT molecular complexity index is 323. The molecule has 90 valence electrons. The number of rotatable bonds is 4. The van der Waals surface area contributed by atoms with Crippen molar-refractivity contribution in [2.45, 2.75) is 39.2 Å². The van der Waals surface area contributed by atoms with Gasteiger partial charge in [-0.2, -0.15) is 0 Å². The van der Waals surface area contributed by atoms with Gasteiger partial charge < -0.3 is 5.32 Å². The zero-order valence-corrected chi connectivity index (χ0v) is 12.2. The SMILES string of the molecule is CC1CCCC(CNCc2csc(Br)c2)C1. The molecule has 0 bridgehead atoms. The van der Waals surface area contributed by atoms with E-state index in [2.05, 4.69) is 39.6 Å². The number of thiophene rings is 1. The smallest absolute Gasteiger partial charge is 0.0701 e. The molecule has 0 spiro atoms. The third-order valence-corrected chi connectivity index (χ3v) is 4.98. The quantitative estimate of drug-likeness (QED) is 0.868. The minimum atomic E-state index is 0.908. The minimum absolute atomic E-state index is 0.908. The van der Waals surface area contributed by atoms with E-state index in [9.17, 15) is 0 Å². The molecule has 2 atom stereocenters. The molecule has 1 N–H and O–H groups in total. The van der Waals surface area contributed by atoms with Crippen LogP contribution >= 0.6 is 27.3 Å². The Morgan fingerprint density at radius 3 is 3.06 bits per heavy atom. The molecule has 0 aromatic carbocycles. The zero-order chi connectivity index (χ0) is 11.4. The summed E-state index contributed by atoms with van der Waals surface area (Å²) in [5, 5.41) is 5.81. The fraction of sp³-hybridized carbons (Fsp3) is 0.692. The summed E-state index contributed by atoms with van der Waals surface area (Å²) in [4.78, 5) is 0. The van der Waals surface area contributed by atoms with E-state index in [1.165, 1.54) is 41.6 Å². The van der Waals surface area contributed by atoms with Gasteiger partial charge in [0.25, 0.3) is 0 Å². The van der Waals surface area contributed by atoms with Crippen LogP contribution in [0.4, 0.5) is 0 Å². The Kier molecular flexibility index (Phi) is 4.86. The highest BCUT2D eigenvalue weighted by Gasteiger charge is 2.18. The van der Waals surface area contributed by atoms with Crippen molar-refractivity contribution in [2.75, 3.05) is 6.54 Å². The van der Waals surface area contributed by atoms with E-state index < -0.39 is 0 Å². The molecule has 1 heterocycles. The van der Waals surface area contributed by atoms with Gasteiger partial charge >= 0.3 is 0 Å². The van der Waals surface area contributed by atoms with Gasteiger partial charge in [0.1, 0.15) is 0 Å². The summed E-state index contributed by atoms with van der Waals surface area (Å²) in [5.74, 6) is 1.85. The van der Waals surface area contributed by atoms with Crippen LogP contribution in [0.25, 0.3) is 0 Å². The molecular formula is C13H20BrNS. The number of hydrogen-bond acceptors (Lipinski definition) is 2. The first-order chi connectivity index (χ1) is 7.74. The molecule has 1 nitrogen and oxygen atoms in total. The first kappa shape index (κ1) is 12.6. The molecule has 0 aliphatic heterocycles. The van der Waals surface area contributed by atoms with Crippen molar-refractivity contribution in [2.24, 2.45) is 11.8 Å². The van der Waals surface area contributed by atoms with E-state index >= 15 is 0 Å². The summed E-state index contributed by atoms with van der Waals surface area (Å²) in [7, 11) is 0. The van der Waals surface area contributed by atoms with Crippen molar-refractivity contribution in [1.82, 2.24) is 5.32 Å². The molecule has 2 unspecified atom stereocenters. The maximum Gasteiger partial charge on any atom is 0.0701 e. The van der Waals surface area contributed by atoms with Gasteiger partial charge in [-0.05, 0) is 64.2 Å². The third-order valence-electron chi connectivity index (χ3n) is 3.43. The van der Waals surface area contributed by atoms with Crippen LogP contribution in [-0.4, -0.2) is 6.54 Å². The Labute approximate surface area is 111 Å². The van der Waals surface area contributed by atoms with Gasteiger partial charge in [0.2, 0.25) is 0 Å². The van der Waals surface area contributed by atoms with Crippen LogP contribution < -0.4 is 5.32 Å². The van der Waals surface area contributed by atoms with E-state index in [1.54, 1.807) is 11.3 Å². The normalized spacial score (nSPS) is 25.9. The minimum Gasteiger partial charge on any atom is -0.312 e. The molecule has 0 saturated heterocycles. The first-order valence-electron chi connectivity index (χ1n) is 6.17. The van der Waals surface area contributed by atoms with Crippen molar-refractivity contribution in [3.8, 4) is 0 Å². The maximum atomic E-state index is 3.59. The van der Waals surface area contributed by atoms with Gasteiger partial charge in [-0.1, -0.05) is 19.8 Å². The van der Waals surface area contributed by atoms with E-state index in [4.69, 9.17) is 0 Å². The Hall–Kier alpha value is 0.140. The molecule has 0 amide bonds. The van der Waals surface area contributed by atoms with Crippen LogP contribution in [0.15, 0.2) is 15.2 Å². The van der Waals surface area contributed by atoms with Crippen LogP contribution in [-0.2, 0) is 6.54 Å². The molecule has 1 aromatic heterocycles. The predicted molar refractivity (Wildman–Crippen MR) is 74.8 cm³/mol. The van der Waals surface area contributed by atoms with Gasteiger partial charge in [0.15, 0.2) is 0 Å². The van der Waals surface area contributed by atoms with Crippen molar-refractivity contribution in [1.29, 1.82) is 0 Å². The van der Waals surface area contributed by atoms with Crippen LogP contribution in [0.3, 0.4) is 0 Å². The lowest BCUT2D eigenvalue weighted by atomic mass is 9.82. The fourth-order valence-corrected chi connectivity index (χ4v) is 3.81. The van der Waals surface area contributed by atoms with Crippen LogP contribution in [0.1, 0.15) is 38.2 Å². The maximum absolute atomic E-state index is 3.59. The highest BCUT2D eigenvalue weighted by molar-refractivity contribution is 9.11. The molecule has 1 saturated carbocycles. The zero-order valence-electron chi connectivity index (χ0n) is 9.84. The summed E-state index contributed by atoms with van der Waals surface area (Å²) in [6.45, 7) is 4.60. The fourth-order valence-electron chi connectivity index (χ4n) is 2.60. The van der Waals surface area contributed by atoms with Crippen molar-refractivity contribution in [3.63, 3.8) is 0 Å². The lowest BCUT2D eigenvalue weighted by Gasteiger charge is -2.26. The molecule has 2 rings (SSSR count). The summed E-state index contributed by atoms with van der Waals surface area (Å²) < 4.78 is 1.23. The molecule has 1 aliphatic rings. The van der Waals surface area contributed by atoms with Gasteiger partial charge in [0.05, 0.1) is 3.79 Å². The van der Waals surface area contributed by atoms with Gasteiger partial charge in [-0.3, -0.25) is 0 Å². The monoisotopic (exact) mass is 301 g/mol. The second-order valence-corrected chi connectivity index (χ2v) is 7.32. The summed E-state index contributed by atoms with van der Waals surface area (Å²) >= 11 is 5.27. The number of hydrogen-bond donors (Lipinski definition) is 1. The second kappa shape index (κ2) is 6.18. The number of nitrogens with one attached hydrogen (secondary N) is 1. The van der Waals surface area contributed by atoms with E-state index in [1.807, 2.05) is 0 Å². The van der Waals surface area contributed by atoms with E-state index in [0.29, 0.717) is 0 Å². The topological polar surface area (TPSA) is 12.0 Å². The number of halogens is 1. The third kappa shape index (κ3) is 3.86. The molecule has 1 fully saturated rings. The Morgan fingerprint density at radius 2 is 2.38 bits per heavy atom. The molecule has 0 radical (unpaired) electrons. The average molecular weight is 302 g/mol. The van der Waals surface area contributed by atoms with Crippen molar-refractivity contribution in [3.05, 3.63) is 20.8 Å². The summed E-state index contributed by atoms with van der Waals surface area (Å²) in [6, 6.07) is 2.21. The molecular weight excluding hydrogens is 282 g/mol. The lowest BCUT2D eigenvalue weighted by Crippen LogP contribution is -2.26. The second-order valence-electron chi connectivity index (χ2n) is 5.03. The van der Waals surface area contributed by atoms with Crippen LogP contribution in [0.2, 0.25) is 0 Å². The highest BCUT2D eigenvalue weighted by Crippen LogP contribution is 2.28. The molecule has 16 heavy (non-hydrogen) atoms. The average Bonchev–Trinajstić information content (AvgIpc) is 2.64.